The van der Waals surface area contributed by atoms with E-state index in [0.717, 1.165) is 25.9 Å². The summed E-state index contributed by atoms with van der Waals surface area (Å²) in [4.78, 5) is 14.3. The minimum Gasteiger partial charge on any atom is -0.366 e. The van der Waals surface area contributed by atoms with E-state index in [0.29, 0.717) is 13.1 Å². The average Bonchev–Trinajstić information content (AvgIpc) is 3.26. The number of anilines is 1. The highest BCUT2D eigenvalue weighted by atomic mass is 16.2. The summed E-state index contributed by atoms with van der Waals surface area (Å²) in [6.07, 6.45) is 5.64. The monoisotopic (exact) mass is 327 g/mol. The SMILES string of the molecule is C[C@H](CNC(=O)NCCCn1cccn1)N1CCc2ccccc21. The van der Waals surface area contributed by atoms with Crippen LogP contribution in [0.4, 0.5) is 10.5 Å². The van der Waals surface area contributed by atoms with Gasteiger partial charge in [0.2, 0.25) is 0 Å². The normalized spacial score (nSPS) is 14.3. The third-order valence-electron chi connectivity index (χ3n) is 4.42. The Labute approximate surface area is 142 Å². The van der Waals surface area contributed by atoms with Crippen molar-refractivity contribution in [3.8, 4) is 0 Å². The van der Waals surface area contributed by atoms with Gasteiger partial charge in [-0.3, -0.25) is 4.68 Å². The van der Waals surface area contributed by atoms with Gasteiger partial charge in [-0.2, -0.15) is 5.10 Å². The Balaban J connectivity index is 1.35. The predicted octanol–water partition coefficient (Wildman–Crippen LogP) is 2.02. The molecule has 0 fully saturated rings. The molecule has 6 heteroatoms. The summed E-state index contributed by atoms with van der Waals surface area (Å²) in [6.45, 7) is 5.27. The molecule has 2 heterocycles. The summed E-state index contributed by atoms with van der Waals surface area (Å²) in [5.74, 6) is 0. The van der Waals surface area contributed by atoms with Crippen LogP contribution in [0, 0.1) is 0 Å². The van der Waals surface area contributed by atoms with Crippen molar-refractivity contribution in [2.75, 3.05) is 24.5 Å². The third kappa shape index (κ3) is 4.07. The van der Waals surface area contributed by atoms with E-state index in [2.05, 4.69) is 51.8 Å². The lowest BCUT2D eigenvalue weighted by Gasteiger charge is -2.27. The van der Waals surface area contributed by atoms with Crippen LogP contribution in [0.15, 0.2) is 42.7 Å². The number of rotatable bonds is 7. The van der Waals surface area contributed by atoms with E-state index in [4.69, 9.17) is 0 Å². The first kappa shape index (κ1) is 16.4. The standard InChI is InChI=1S/C18H25N5O/c1-15(23-13-8-16-6-2-3-7-17(16)23)14-20-18(24)19-9-4-11-22-12-5-10-21-22/h2-3,5-7,10,12,15H,4,8-9,11,13-14H2,1H3,(H2,19,20,24)/t15-/m1/s1. The van der Waals surface area contributed by atoms with Gasteiger partial charge in [-0.1, -0.05) is 18.2 Å². The predicted molar refractivity (Wildman–Crippen MR) is 95.2 cm³/mol. The van der Waals surface area contributed by atoms with Crippen molar-refractivity contribution in [3.05, 3.63) is 48.3 Å². The van der Waals surface area contributed by atoms with Gasteiger partial charge in [-0.05, 0) is 37.5 Å². The maximum Gasteiger partial charge on any atom is 0.314 e. The molecule has 1 aliphatic rings. The number of amides is 2. The smallest absolute Gasteiger partial charge is 0.314 e. The van der Waals surface area contributed by atoms with Crippen molar-refractivity contribution in [2.24, 2.45) is 0 Å². The second-order valence-corrected chi connectivity index (χ2v) is 6.18. The van der Waals surface area contributed by atoms with Gasteiger partial charge in [0.1, 0.15) is 0 Å². The molecular formula is C18H25N5O. The summed E-state index contributed by atoms with van der Waals surface area (Å²) in [7, 11) is 0. The van der Waals surface area contributed by atoms with Crippen molar-refractivity contribution >= 4 is 11.7 Å². The number of aryl methyl sites for hydroxylation is 1. The van der Waals surface area contributed by atoms with E-state index < -0.39 is 0 Å². The molecule has 1 atom stereocenters. The molecule has 0 bridgehead atoms. The number of fused-ring (bicyclic) bond motifs is 1. The molecule has 0 aliphatic carbocycles. The molecule has 0 unspecified atom stereocenters. The number of urea groups is 1. The molecule has 1 aromatic carbocycles. The molecule has 1 aliphatic heterocycles. The summed E-state index contributed by atoms with van der Waals surface area (Å²) < 4.78 is 1.87. The Morgan fingerprint density at radius 2 is 2.17 bits per heavy atom. The Hall–Kier alpha value is -2.50. The highest BCUT2D eigenvalue weighted by Gasteiger charge is 2.22. The number of carbonyl (C=O) groups excluding carboxylic acids is 1. The maximum atomic E-state index is 11.9. The van der Waals surface area contributed by atoms with Crippen LogP contribution in [-0.2, 0) is 13.0 Å². The van der Waals surface area contributed by atoms with Crippen molar-refractivity contribution in [1.82, 2.24) is 20.4 Å². The van der Waals surface area contributed by atoms with Gasteiger partial charge in [0, 0.05) is 50.3 Å². The van der Waals surface area contributed by atoms with E-state index in [1.807, 2.05) is 16.9 Å². The van der Waals surface area contributed by atoms with Crippen LogP contribution < -0.4 is 15.5 Å². The molecule has 6 nitrogen and oxygen atoms in total. The zero-order valence-electron chi connectivity index (χ0n) is 14.1. The summed E-state index contributed by atoms with van der Waals surface area (Å²) in [5.41, 5.74) is 2.69. The van der Waals surface area contributed by atoms with E-state index >= 15 is 0 Å². The highest BCUT2D eigenvalue weighted by molar-refractivity contribution is 5.73. The summed E-state index contributed by atoms with van der Waals surface area (Å²) >= 11 is 0. The highest BCUT2D eigenvalue weighted by Crippen LogP contribution is 2.28. The lowest BCUT2D eigenvalue weighted by Crippen LogP contribution is -2.45. The van der Waals surface area contributed by atoms with Crippen molar-refractivity contribution in [2.45, 2.75) is 32.4 Å². The number of hydrogen-bond donors (Lipinski definition) is 2. The van der Waals surface area contributed by atoms with Crippen LogP contribution in [0.3, 0.4) is 0 Å². The molecule has 3 rings (SSSR count). The Kier molecular flexibility index (Phi) is 5.36. The molecule has 2 N–H and O–H groups in total. The van der Waals surface area contributed by atoms with Crippen molar-refractivity contribution in [3.63, 3.8) is 0 Å². The molecule has 0 saturated heterocycles. The van der Waals surface area contributed by atoms with Crippen molar-refractivity contribution < 1.29 is 4.79 Å². The molecular weight excluding hydrogens is 302 g/mol. The van der Waals surface area contributed by atoms with Crippen LogP contribution in [0.25, 0.3) is 0 Å². The van der Waals surface area contributed by atoms with E-state index in [1.54, 1.807) is 6.20 Å². The van der Waals surface area contributed by atoms with Crippen LogP contribution in [0.5, 0.6) is 0 Å². The van der Waals surface area contributed by atoms with E-state index in [-0.39, 0.29) is 12.1 Å². The van der Waals surface area contributed by atoms with Gasteiger partial charge in [0.15, 0.2) is 0 Å². The van der Waals surface area contributed by atoms with Crippen LogP contribution in [0.2, 0.25) is 0 Å². The Morgan fingerprint density at radius 3 is 3.00 bits per heavy atom. The van der Waals surface area contributed by atoms with Gasteiger partial charge in [0.05, 0.1) is 0 Å². The largest absolute Gasteiger partial charge is 0.366 e. The number of hydrogen-bond acceptors (Lipinski definition) is 3. The summed E-state index contributed by atoms with van der Waals surface area (Å²) in [6, 6.07) is 10.6. The lowest BCUT2D eigenvalue weighted by molar-refractivity contribution is 0.240. The first-order chi connectivity index (χ1) is 11.7. The van der Waals surface area contributed by atoms with Gasteiger partial charge >= 0.3 is 6.03 Å². The van der Waals surface area contributed by atoms with Crippen LogP contribution in [0.1, 0.15) is 18.9 Å². The van der Waals surface area contributed by atoms with Gasteiger partial charge in [0.25, 0.3) is 0 Å². The molecule has 1 aromatic heterocycles. The topological polar surface area (TPSA) is 62.2 Å². The van der Waals surface area contributed by atoms with Gasteiger partial charge in [-0.25, -0.2) is 4.79 Å². The molecule has 24 heavy (non-hydrogen) atoms. The minimum absolute atomic E-state index is 0.102. The zero-order chi connectivity index (χ0) is 16.8. The fourth-order valence-corrected chi connectivity index (χ4v) is 3.11. The van der Waals surface area contributed by atoms with Crippen molar-refractivity contribution in [1.29, 1.82) is 0 Å². The second-order valence-electron chi connectivity index (χ2n) is 6.18. The number of para-hydroxylation sites is 1. The zero-order valence-corrected chi connectivity index (χ0v) is 14.1. The molecule has 2 amide bonds. The Bertz CT molecular complexity index is 655. The fraction of sp³-hybridized carbons (Fsp3) is 0.444. The average molecular weight is 327 g/mol. The number of nitrogens with one attached hydrogen (secondary N) is 2. The van der Waals surface area contributed by atoms with Gasteiger partial charge in [-0.15, -0.1) is 0 Å². The maximum absolute atomic E-state index is 11.9. The summed E-state index contributed by atoms with van der Waals surface area (Å²) in [5, 5.41) is 10.0. The second kappa shape index (κ2) is 7.86. The molecule has 128 valence electrons. The van der Waals surface area contributed by atoms with Crippen LogP contribution in [-0.4, -0.2) is 41.5 Å². The minimum atomic E-state index is -0.102. The molecule has 2 aromatic rings. The molecule has 0 saturated carbocycles. The molecule has 0 radical (unpaired) electrons. The number of carbonyl (C=O) groups is 1. The first-order valence-corrected chi connectivity index (χ1v) is 8.58. The number of nitrogens with zero attached hydrogens (tertiary/aromatic N) is 3. The van der Waals surface area contributed by atoms with E-state index in [1.165, 1.54) is 11.3 Å². The fourth-order valence-electron chi connectivity index (χ4n) is 3.11. The number of benzene rings is 1. The number of aromatic nitrogens is 2. The first-order valence-electron chi connectivity index (χ1n) is 8.58. The quantitative estimate of drug-likeness (QED) is 0.765. The lowest BCUT2D eigenvalue weighted by atomic mass is 10.2. The van der Waals surface area contributed by atoms with Crippen LogP contribution >= 0.6 is 0 Å². The third-order valence-corrected chi connectivity index (χ3v) is 4.42. The van der Waals surface area contributed by atoms with E-state index in [9.17, 15) is 4.79 Å². The Morgan fingerprint density at radius 1 is 1.29 bits per heavy atom. The van der Waals surface area contributed by atoms with Gasteiger partial charge < -0.3 is 15.5 Å². The molecule has 0 spiro atoms.